The lowest BCUT2D eigenvalue weighted by atomic mass is 9.67. The van der Waals surface area contributed by atoms with Gasteiger partial charge in [-0.3, -0.25) is 4.79 Å². The molecule has 0 fully saturated rings. The van der Waals surface area contributed by atoms with Crippen LogP contribution < -0.4 is 5.32 Å². The van der Waals surface area contributed by atoms with Crippen LogP contribution in [-0.2, 0) is 24.6 Å². The standard InChI is InChI=1S/C27H28N2O4S/c1-16-20(24(30)32-4)21(18-12-8-6-9-13-18)22(25(31)33-5)27(3,29-16)26-28-23(17(2)34-26)19-14-10-7-11-15-19/h6-15,21-22,29H,1-5H3. The van der Waals surface area contributed by atoms with Crippen molar-refractivity contribution < 1.29 is 19.1 Å². The fourth-order valence-corrected chi connectivity index (χ4v) is 5.92. The van der Waals surface area contributed by atoms with E-state index in [0.717, 1.165) is 26.7 Å². The summed E-state index contributed by atoms with van der Waals surface area (Å²) >= 11 is 1.54. The lowest BCUT2D eigenvalue weighted by Gasteiger charge is -2.45. The van der Waals surface area contributed by atoms with E-state index in [9.17, 15) is 9.59 Å². The van der Waals surface area contributed by atoms with Crippen molar-refractivity contribution in [2.24, 2.45) is 5.92 Å². The lowest BCUT2D eigenvalue weighted by Crippen LogP contribution is -2.55. The number of allylic oxidation sites excluding steroid dienone is 1. The molecule has 3 unspecified atom stereocenters. The topological polar surface area (TPSA) is 77.5 Å². The van der Waals surface area contributed by atoms with Gasteiger partial charge in [0, 0.05) is 22.1 Å². The minimum absolute atomic E-state index is 0.415. The van der Waals surface area contributed by atoms with Crippen LogP contribution in [0.2, 0.25) is 0 Å². The molecular weight excluding hydrogens is 448 g/mol. The van der Waals surface area contributed by atoms with Gasteiger partial charge >= 0.3 is 11.9 Å². The van der Waals surface area contributed by atoms with E-state index in [2.05, 4.69) is 5.32 Å². The third-order valence-corrected chi connectivity index (χ3v) is 7.63. The van der Waals surface area contributed by atoms with E-state index >= 15 is 0 Å². The van der Waals surface area contributed by atoms with Crippen molar-refractivity contribution in [3.63, 3.8) is 0 Å². The van der Waals surface area contributed by atoms with E-state index in [1.165, 1.54) is 14.2 Å². The second-order valence-corrected chi connectivity index (χ2v) is 9.74. The van der Waals surface area contributed by atoms with Gasteiger partial charge < -0.3 is 14.8 Å². The Morgan fingerprint density at radius 3 is 2.18 bits per heavy atom. The number of rotatable bonds is 5. The predicted octanol–water partition coefficient (Wildman–Crippen LogP) is 4.96. The van der Waals surface area contributed by atoms with Gasteiger partial charge in [-0.15, -0.1) is 11.3 Å². The molecule has 2 aromatic carbocycles. The van der Waals surface area contributed by atoms with Crippen molar-refractivity contribution in [2.45, 2.75) is 32.2 Å². The summed E-state index contributed by atoms with van der Waals surface area (Å²) in [5.74, 6) is -2.23. The summed E-state index contributed by atoms with van der Waals surface area (Å²) in [4.78, 5) is 32.4. The van der Waals surface area contributed by atoms with Gasteiger partial charge in [-0.25, -0.2) is 9.78 Å². The molecule has 6 nitrogen and oxygen atoms in total. The summed E-state index contributed by atoms with van der Waals surface area (Å²) in [5, 5.41) is 4.21. The molecule has 0 saturated heterocycles. The Balaban J connectivity index is 1.94. The van der Waals surface area contributed by atoms with Gasteiger partial charge in [0.25, 0.3) is 0 Å². The smallest absolute Gasteiger partial charge is 0.336 e. The summed E-state index contributed by atoms with van der Waals surface area (Å²) in [6.07, 6.45) is 0. The molecule has 4 rings (SSSR count). The molecule has 34 heavy (non-hydrogen) atoms. The van der Waals surface area contributed by atoms with E-state index in [-0.39, 0.29) is 0 Å². The number of nitrogens with zero attached hydrogens (tertiary/aromatic N) is 1. The van der Waals surface area contributed by atoms with E-state index < -0.39 is 29.3 Å². The second-order valence-electron chi connectivity index (χ2n) is 8.54. The summed E-state index contributed by atoms with van der Waals surface area (Å²) in [5.41, 5.74) is 2.87. The number of hydrogen-bond donors (Lipinski definition) is 1. The average molecular weight is 477 g/mol. The van der Waals surface area contributed by atoms with Crippen LogP contribution in [0.3, 0.4) is 0 Å². The average Bonchev–Trinajstić information content (AvgIpc) is 3.26. The number of hydrogen-bond acceptors (Lipinski definition) is 7. The van der Waals surface area contributed by atoms with Crippen LogP contribution in [0.5, 0.6) is 0 Å². The zero-order valence-electron chi connectivity index (χ0n) is 19.9. The summed E-state index contributed by atoms with van der Waals surface area (Å²) < 4.78 is 10.4. The van der Waals surface area contributed by atoms with Gasteiger partial charge in [0.15, 0.2) is 0 Å². The molecule has 0 bridgehead atoms. The first kappa shape index (κ1) is 23.7. The van der Waals surface area contributed by atoms with Crippen molar-refractivity contribution >= 4 is 23.3 Å². The number of aryl methyl sites for hydroxylation is 1. The fraction of sp³-hybridized carbons (Fsp3) is 0.296. The molecule has 2 heterocycles. The molecular formula is C27H28N2O4S. The minimum atomic E-state index is -0.919. The van der Waals surface area contributed by atoms with Crippen LogP contribution in [0.15, 0.2) is 71.9 Å². The van der Waals surface area contributed by atoms with Gasteiger partial charge in [-0.05, 0) is 26.3 Å². The number of aromatic nitrogens is 1. The Hall–Kier alpha value is -3.45. The quantitative estimate of drug-likeness (QED) is 0.525. The second kappa shape index (κ2) is 9.43. The van der Waals surface area contributed by atoms with Crippen LogP contribution in [0, 0.1) is 12.8 Å². The zero-order valence-corrected chi connectivity index (χ0v) is 20.7. The van der Waals surface area contributed by atoms with Crippen molar-refractivity contribution in [3.8, 4) is 11.3 Å². The Kier molecular flexibility index (Phi) is 6.57. The molecule has 0 radical (unpaired) electrons. The van der Waals surface area contributed by atoms with Crippen LogP contribution in [0.4, 0.5) is 0 Å². The third kappa shape index (κ3) is 4.01. The Labute approximate surface area is 203 Å². The van der Waals surface area contributed by atoms with E-state index in [1.807, 2.05) is 81.4 Å². The molecule has 1 aromatic heterocycles. The highest BCUT2D eigenvalue weighted by atomic mass is 32.1. The summed E-state index contributed by atoms with van der Waals surface area (Å²) in [7, 11) is 2.72. The number of esters is 2. The molecule has 3 aromatic rings. The molecule has 1 aliphatic heterocycles. The highest BCUT2D eigenvalue weighted by Crippen LogP contribution is 2.50. The molecule has 0 aliphatic carbocycles. The molecule has 1 aliphatic rings. The van der Waals surface area contributed by atoms with Crippen molar-refractivity contribution in [3.05, 3.63) is 87.4 Å². The minimum Gasteiger partial charge on any atom is -0.469 e. The van der Waals surface area contributed by atoms with Crippen molar-refractivity contribution in [1.29, 1.82) is 0 Å². The van der Waals surface area contributed by atoms with Crippen molar-refractivity contribution in [1.82, 2.24) is 10.3 Å². The Morgan fingerprint density at radius 2 is 1.59 bits per heavy atom. The third-order valence-electron chi connectivity index (χ3n) is 6.42. The van der Waals surface area contributed by atoms with E-state index in [4.69, 9.17) is 14.5 Å². The first-order chi connectivity index (χ1) is 16.3. The first-order valence-corrected chi connectivity index (χ1v) is 11.9. The number of ether oxygens (including phenoxy) is 2. The number of thiazole rings is 1. The molecule has 0 amide bonds. The Bertz CT molecular complexity index is 1240. The molecule has 0 saturated carbocycles. The highest BCUT2D eigenvalue weighted by Gasteiger charge is 2.54. The maximum atomic E-state index is 13.4. The lowest BCUT2D eigenvalue weighted by molar-refractivity contribution is -0.150. The maximum Gasteiger partial charge on any atom is 0.336 e. The fourth-order valence-electron chi connectivity index (χ4n) is 4.85. The number of carbonyl (C=O) groups excluding carboxylic acids is 2. The van der Waals surface area contributed by atoms with Crippen LogP contribution in [-0.4, -0.2) is 31.1 Å². The largest absolute Gasteiger partial charge is 0.469 e. The van der Waals surface area contributed by atoms with E-state index in [1.54, 1.807) is 11.3 Å². The molecule has 1 N–H and O–H groups in total. The number of benzene rings is 2. The SMILES string of the molecule is COC(=O)C1=C(C)NC(C)(c2nc(-c3ccccc3)c(C)s2)C(C(=O)OC)C1c1ccccc1. The van der Waals surface area contributed by atoms with Crippen LogP contribution in [0.25, 0.3) is 11.3 Å². The Morgan fingerprint density at radius 1 is 0.971 bits per heavy atom. The van der Waals surface area contributed by atoms with Gasteiger partial charge in [0.2, 0.25) is 0 Å². The first-order valence-electron chi connectivity index (χ1n) is 11.0. The monoisotopic (exact) mass is 476 g/mol. The van der Waals surface area contributed by atoms with E-state index in [0.29, 0.717) is 11.3 Å². The van der Waals surface area contributed by atoms with Crippen LogP contribution >= 0.6 is 11.3 Å². The summed E-state index contributed by atoms with van der Waals surface area (Å²) in [6.45, 7) is 5.82. The zero-order chi connectivity index (χ0) is 24.5. The van der Waals surface area contributed by atoms with Crippen molar-refractivity contribution in [2.75, 3.05) is 14.2 Å². The van der Waals surface area contributed by atoms with Gasteiger partial charge in [-0.2, -0.15) is 0 Å². The van der Waals surface area contributed by atoms with Gasteiger partial charge in [0.1, 0.15) is 10.5 Å². The number of carbonyl (C=O) groups is 2. The maximum absolute atomic E-state index is 13.4. The number of methoxy groups -OCH3 is 2. The molecule has 0 spiro atoms. The summed E-state index contributed by atoms with van der Waals surface area (Å²) in [6, 6.07) is 19.5. The highest BCUT2D eigenvalue weighted by molar-refractivity contribution is 7.12. The number of nitrogens with one attached hydrogen (secondary N) is 1. The normalized spacial score (nSPS) is 22.1. The molecule has 3 atom stereocenters. The van der Waals surface area contributed by atoms with Gasteiger partial charge in [0.05, 0.1) is 31.4 Å². The van der Waals surface area contributed by atoms with Crippen LogP contribution in [0.1, 0.15) is 35.2 Å². The predicted molar refractivity (Wildman–Crippen MR) is 132 cm³/mol. The molecule has 7 heteroatoms. The molecule has 176 valence electrons. The van der Waals surface area contributed by atoms with Gasteiger partial charge in [-0.1, -0.05) is 60.7 Å².